The Hall–Kier alpha value is -2.26. The van der Waals surface area contributed by atoms with Crippen LogP contribution in [-0.2, 0) is 10.0 Å². The second kappa shape index (κ2) is 5.50. The van der Waals surface area contributed by atoms with Crippen molar-refractivity contribution < 1.29 is 17.2 Å². The molecule has 2 aromatic heterocycles. The summed E-state index contributed by atoms with van der Waals surface area (Å²) in [6.07, 6.45) is 0. The fourth-order valence-electron chi connectivity index (χ4n) is 1.71. The highest BCUT2D eigenvalue weighted by Gasteiger charge is 2.19. The molecule has 0 spiro atoms. The Balaban J connectivity index is 1.84. The summed E-state index contributed by atoms with van der Waals surface area (Å²) in [7, 11) is -3.76. The van der Waals surface area contributed by atoms with E-state index in [-0.39, 0.29) is 16.8 Å². The molecular formula is C13H10FN3O3S2. The van der Waals surface area contributed by atoms with Gasteiger partial charge >= 0.3 is 6.01 Å². The van der Waals surface area contributed by atoms with Crippen LogP contribution in [-0.4, -0.2) is 18.6 Å². The number of thiophene rings is 1. The first kappa shape index (κ1) is 14.7. The summed E-state index contributed by atoms with van der Waals surface area (Å²) in [6.45, 7) is 1.81. The first-order valence-electron chi connectivity index (χ1n) is 6.11. The van der Waals surface area contributed by atoms with Gasteiger partial charge < -0.3 is 4.42 Å². The molecule has 6 nitrogen and oxygen atoms in total. The lowest BCUT2D eigenvalue weighted by atomic mass is 10.2. The largest absolute Gasteiger partial charge is 0.403 e. The Kier molecular flexibility index (Phi) is 3.67. The number of benzene rings is 1. The van der Waals surface area contributed by atoms with Crippen molar-refractivity contribution in [1.82, 2.24) is 10.2 Å². The van der Waals surface area contributed by atoms with Crippen molar-refractivity contribution in [1.29, 1.82) is 0 Å². The number of hydrogen-bond acceptors (Lipinski definition) is 6. The molecule has 0 saturated heterocycles. The fraction of sp³-hybridized carbons (Fsp3) is 0.0769. The fourth-order valence-corrected chi connectivity index (χ4v) is 3.76. The summed E-state index contributed by atoms with van der Waals surface area (Å²) in [5, 5.41) is 8.89. The Bertz CT molecular complexity index is 901. The molecule has 2 heterocycles. The SMILES string of the molecule is Cc1cc(S(=O)(=O)Nc2nnc(-c3ccc(F)cc3)o2)cs1. The molecule has 0 unspecified atom stereocenters. The van der Waals surface area contributed by atoms with Gasteiger partial charge in [-0.3, -0.25) is 0 Å². The standard InChI is InChI=1S/C13H10FN3O3S2/c1-8-6-11(7-21-8)22(18,19)17-13-16-15-12(20-13)9-2-4-10(14)5-3-9/h2-7H,1H3,(H,16,17). The highest BCUT2D eigenvalue weighted by atomic mass is 32.2. The minimum Gasteiger partial charge on any atom is -0.403 e. The highest BCUT2D eigenvalue weighted by molar-refractivity contribution is 7.92. The van der Waals surface area contributed by atoms with Gasteiger partial charge in [0.15, 0.2) is 0 Å². The molecule has 3 aromatic rings. The number of anilines is 1. The molecule has 0 bridgehead atoms. The number of aryl methyl sites for hydroxylation is 1. The molecule has 0 amide bonds. The van der Waals surface area contributed by atoms with Gasteiger partial charge in [-0.25, -0.2) is 17.5 Å². The Morgan fingerprint density at radius 1 is 1.23 bits per heavy atom. The monoisotopic (exact) mass is 339 g/mol. The third-order valence-electron chi connectivity index (χ3n) is 2.75. The van der Waals surface area contributed by atoms with Crippen LogP contribution in [0.5, 0.6) is 0 Å². The van der Waals surface area contributed by atoms with Crippen LogP contribution in [0.4, 0.5) is 10.4 Å². The summed E-state index contributed by atoms with van der Waals surface area (Å²) in [6, 6.07) is 6.72. The van der Waals surface area contributed by atoms with E-state index in [4.69, 9.17) is 4.42 Å². The van der Waals surface area contributed by atoms with Crippen LogP contribution in [0.2, 0.25) is 0 Å². The molecule has 0 aliphatic heterocycles. The predicted octanol–water partition coefficient (Wildman–Crippen LogP) is 3.05. The summed E-state index contributed by atoms with van der Waals surface area (Å²) in [4.78, 5) is 1.01. The van der Waals surface area contributed by atoms with Crippen LogP contribution >= 0.6 is 11.3 Å². The van der Waals surface area contributed by atoms with E-state index in [0.29, 0.717) is 5.56 Å². The Morgan fingerprint density at radius 3 is 2.59 bits per heavy atom. The van der Waals surface area contributed by atoms with E-state index in [9.17, 15) is 12.8 Å². The first-order chi connectivity index (χ1) is 10.4. The summed E-state index contributed by atoms with van der Waals surface area (Å²) in [5.74, 6) is -0.295. The van der Waals surface area contributed by atoms with Crippen molar-refractivity contribution in [2.45, 2.75) is 11.8 Å². The molecular weight excluding hydrogens is 329 g/mol. The van der Waals surface area contributed by atoms with Gasteiger partial charge in [-0.1, -0.05) is 5.10 Å². The Morgan fingerprint density at radius 2 is 1.95 bits per heavy atom. The summed E-state index contributed by atoms with van der Waals surface area (Å²) in [5.41, 5.74) is 0.491. The zero-order valence-corrected chi connectivity index (χ0v) is 12.9. The van der Waals surface area contributed by atoms with Crippen LogP contribution in [0.25, 0.3) is 11.5 Å². The molecule has 0 aliphatic carbocycles. The third-order valence-corrected chi connectivity index (χ3v) is 5.06. The van der Waals surface area contributed by atoms with Crippen molar-refractivity contribution in [2.24, 2.45) is 0 Å². The smallest absolute Gasteiger partial charge is 0.330 e. The number of hydrogen-bond donors (Lipinski definition) is 1. The van der Waals surface area contributed by atoms with Gasteiger partial charge in [0.2, 0.25) is 5.89 Å². The molecule has 1 aromatic carbocycles. The molecule has 0 radical (unpaired) electrons. The van der Waals surface area contributed by atoms with E-state index >= 15 is 0 Å². The lowest BCUT2D eigenvalue weighted by Crippen LogP contribution is -2.12. The minimum absolute atomic E-state index is 0.0965. The zero-order chi connectivity index (χ0) is 15.7. The van der Waals surface area contributed by atoms with Gasteiger partial charge in [-0.05, 0) is 37.3 Å². The molecule has 0 aliphatic rings. The molecule has 3 rings (SSSR count). The van der Waals surface area contributed by atoms with Gasteiger partial charge in [0, 0.05) is 15.8 Å². The average molecular weight is 339 g/mol. The van der Waals surface area contributed by atoms with Crippen molar-refractivity contribution in [2.75, 3.05) is 4.72 Å². The topological polar surface area (TPSA) is 85.1 Å². The van der Waals surface area contributed by atoms with E-state index in [0.717, 1.165) is 4.88 Å². The second-order valence-electron chi connectivity index (χ2n) is 4.42. The molecule has 0 fully saturated rings. The van der Waals surface area contributed by atoms with Crippen molar-refractivity contribution >= 4 is 27.4 Å². The number of nitrogens with one attached hydrogen (secondary N) is 1. The quantitative estimate of drug-likeness (QED) is 0.789. The van der Waals surface area contributed by atoms with Crippen LogP contribution < -0.4 is 4.72 Å². The van der Waals surface area contributed by atoms with Crippen molar-refractivity contribution in [3.8, 4) is 11.5 Å². The predicted molar refractivity (Wildman–Crippen MR) is 79.6 cm³/mol. The van der Waals surface area contributed by atoms with Gasteiger partial charge in [0.25, 0.3) is 10.0 Å². The molecule has 0 saturated carbocycles. The van der Waals surface area contributed by atoms with Crippen LogP contribution in [0.15, 0.2) is 45.0 Å². The molecule has 1 N–H and O–H groups in total. The molecule has 22 heavy (non-hydrogen) atoms. The van der Waals surface area contributed by atoms with Gasteiger partial charge in [-0.2, -0.15) is 0 Å². The zero-order valence-electron chi connectivity index (χ0n) is 11.3. The lowest BCUT2D eigenvalue weighted by Gasteiger charge is -2.00. The van der Waals surface area contributed by atoms with Crippen LogP contribution in [0, 0.1) is 12.7 Å². The average Bonchev–Trinajstić information content (AvgIpc) is 3.09. The van der Waals surface area contributed by atoms with E-state index in [1.807, 2.05) is 6.92 Å². The van der Waals surface area contributed by atoms with E-state index < -0.39 is 15.8 Å². The number of halogens is 1. The first-order valence-corrected chi connectivity index (χ1v) is 8.48. The second-order valence-corrected chi connectivity index (χ2v) is 7.22. The molecule has 114 valence electrons. The maximum Gasteiger partial charge on any atom is 0.330 e. The number of sulfonamides is 1. The van der Waals surface area contributed by atoms with E-state index in [1.54, 1.807) is 6.07 Å². The molecule has 0 atom stereocenters. The maximum atomic E-state index is 12.9. The van der Waals surface area contributed by atoms with Gasteiger partial charge in [-0.15, -0.1) is 16.4 Å². The van der Waals surface area contributed by atoms with Crippen LogP contribution in [0.1, 0.15) is 4.88 Å². The maximum absolute atomic E-state index is 12.9. The van der Waals surface area contributed by atoms with Gasteiger partial charge in [0.05, 0.1) is 4.90 Å². The minimum atomic E-state index is -3.76. The van der Waals surface area contributed by atoms with Crippen molar-refractivity contribution in [3.63, 3.8) is 0 Å². The van der Waals surface area contributed by atoms with Crippen LogP contribution in [0.3, 0.4) is 0 Å². The highest BCUT2D eigenvalue weighted by Crippen LogP contribution is 2.23. The number of nitrogens with zero attached hydrogens (tertiary/aromatic N) is 2. The summed E-state index contributed by atoms with van der Waals surface area (Å²) >= 11 is 1.32. The van der Waals surface area contributed by atoms with Crippen molar-refractivity contribution in [3.05, 3.63) is 46.4 Å². The number of rotatable bonds is 4. The normalized spacial score (nSPS) is 11.5. The van der Waals surface area contributed by atoms with E-state index in [2.05, 4.69) is 14.9 Å². The van der Waals surface area contributed by atoms with E-state index in [1.165, 1.54) is 41.0 Å². The lowest BCUT2D eigenvalue weighted by molar-refractivity contribution is 0.577. The Labute approximate surface area is 129 Å². The van der Waals surface area contributed by atoms with Gasteiger partial charge in [0.1, 0.15) is 5.82 Å². The molecule has 9 heteroatoms. The number of aromatic nitrogens is 2. The third kappa shape index (κ3) is 3.00. The summed E-state index contributed by atoms with van der Waals surface area (Å²) < 4.78 is 44.6.